The molecule has 0 spiro atoms. The number of ether oxygens (including phenoxy) is 1. The first-order valence-electron chi connectivity index (χ1n) is 13.4. The van der Waals surface area contributed by atoms with Crippen molar-refractivity contribution < 1.29 is 22.7 Å². The van der Waals surface area contributed by atoms with Crippen molar-refractivity contribution in [2.45, 2.75) is 33.0 Å². The minimum Gasteiger partial charge on any atom is -0.492 e. The maximum atomic E-state index is 12.9. The molecule has 9 heteroatoms. The van der Waals surface area contributed by atoms with E-state index in [0.717, 1.165) is 56.2 Å². The minimum absolute atomic E-state index is 0.177. The van der Waals surface area contributed by atoms with Gasteiger partial charge in [0.15, 0.2) is 0 Å². The molecule has 2 heterocycles. The Labute approximate surface area is 223 Å². The summed E-state index contributed by atoms with van der Waals surface area (Å²) in [6.07, 6.45) is -4.41. The summed E-state index contributed by atoms with van der Waals surface area (Å²) in [5.74, 6) is 0.704. The number of alkyl halides is 3. The number of carbonyl (C=O) groups excluding carboxylic acids is 1. The van der Waals surface area contributed by atoms with Crippen LogP contribution in [0.3, 0.4) is 0 Å². The summed E-state index contributed by atoms with van der Waals surface area (Å²) in [5.41, 5.74) is 3.16. The number of hydrogen-bond acceptors (Lipinski definition) is 5. The summed E-state index contributed by atoms with van der Waals surface area (Å²) < 4.78 is 44.7. The highest BCUT2D eigenvalue weighted by atomic mass is 19.4. The Morgan fingerprint density at radius 1 is 0.895 bits per heavy atom. The molecule has 0 bridgehead atoms. The molecular weight excluding hydrogens is 493 g/mol. The van der Waals surface area contributed by atoms with Gasteiger partial charge in [-0.15, -0.1) is 0 Å². The van der Waals surface area contributed by atoms with Crippen molar-refractivity contribution in [2.75, 3.05) is 72.6 Å². The van der Waals surface area contributed by atoms with Crippen LogP contribution in [0.4, 0.5) is 13.2 Å². The van der Waals surface area contributed by atoms with Gasteiger partial charge in [-0.3, -0.25) is 14.6 Å². The zero-order valence-electron chi connectivity index (χ0n) is 22.9. The standard InChI is InChI=1S/C29H39F3N4O2/c1-21-22(2)27(38-20-19-34-13-11-33(4)12-14-34)10-9-26(21)23(3)35-15-17-36(18-16-35)28(37)24-5-7-25(8-6-24)29(30,31)32/h5-10,23H,11-20H2,1-4H3. The molecule has 6 nitrogen and oxygen atoms in total. The summed E-state index contributed by atoms with van der Waals surface area (Å²) in [6, 6.07) is 8.87. The van der Waals surface area contributed by atoms with Gasteiger partial charge in [-0.2, -0.15) is 13.2 Å². The van der Waals surface area contributed by atoms with Crippen LogP contribution >= 0.6 is 0 Å². The van der Waals surface area contributed by atoms with Gasteiger partial charge in [-0.1, -0.05) is 6.07 Å². The predicted octanol–water partition coefficient (Wildman–Crippen LogP) is 4.47. The number of rotatable bonds is 7. The topological polar surface area (TPSA) is 39.3 Å². The van der Waals surface area contributed by atoms with Gasteiger partial charge < -0.3 is 14.5 Å². The Morgan fingerprint density at radius 3 is 2.13 bits per heavy atom. The molecule has 208 valence electrons. The van der Waals surface area contributed by atoms with E-state index in [1.165, 1.54) is 23.3 Å². The van der Waals surface area contributed by atoms with Gasteiger partial charge in [0.1, 0.15) is 12.4 Å². The smallest absolute Gasteiger partial charge is 0.416 e. The second-order valence-electron chi connectivity index (χ2n) is 10.5. The van der Waals surface area contributed by atoms with E-state index in [0.29, 0.717) is 32.8 Å². The Bertz CT molecular complexity index is 1090. The number of likely N-dealkylation sites (N-methyl/N-ethyl adjacent to an activating group) is 1. The summed E-state index contributed by atoms with van der Waals surface area (Å²) in [6.45, 7) is 14.9. The third kappa shape index (κ3) is 6.68. The van der Waals surface area contributed by atoms with Crippen molar-refractivity contribution in [3.63, 3.8) is 0 Å². The van der Waals surface area contributed by atoms with Crippen LogP contribution in [0, 0.1) is 13.8 Å². The van der Waals surface area contributed by atoms with Gasteiger partial charge in [0.25, 0.3) is 5.91 Å². The monoisotopic (exact) mass is 532 g/mol. The van der Waals surface area contributed by atoms with E-state index in [2.05, 4.69) is 54.7 Å². The lowest BCUT2D eigenvalue weighted by atomic mass is 9.96. The molecular formula is C29H39F3N4O2. The number of halogens is 3. The Morgan fingerprint density at radius 2 is 1.53 bits per heavy atom. The zero-order chi connectivity index (χ0) is 27.4. The summed E-state index contributed by atoms with van der Waals surface area (Å²) >= 11 is 0. The average molecular weight is 533 g/mol. The van der Waals surface area contributed by atoms with Crippen LogP contribution in [0.25, 0.3) is 0 Å². The van der Waals surface area contributed by atoms with Crippen LogP contribution in [-0.2, 0) is 6.18 Å². The summed E-state index contributed by atoms with van der Waals surface area (Å²) in [4.78, 5) is 21.7. The van der Waals surface area contributed by atoms with E-state index in [1.807, 2.05) is 0 Å². The van der Waals surface area contributed by atoms with E-state index < -0.39 is 11.7 Å². The van der Waals surface area contributed by atoms with Gasteiger partial charge in [0, 0.05) is 70.5 Å². The van der Waals surface area contributed by atoms with Crippen molar-refractivity contribution in [1.82, 2.24) is 19.6 Å². The van der Waals surface area contributed by atoms with E-state index in [-0.39, 0.29) is 17.5 Å². The molecule has 1 unspecified atom stereocenters. The fourth-order valence-corrected chi connectivity index (χ4v) is 5.28. The fraction of sp³-hybridized carbons (Fsp3) is 0.552. The van der Waals surface area contributed by atoms with E-state index in [1.54, 1.807) is 4.90 Å². The second kappa shape index (κ2) is 12.1. The molecule has 0 radical (unpaired) electrons. The lowest BCUT2D eigenvalue weighted by Crippen LogP contribution is -2.49. The normalized spacial score (nSPS) is 19.0. The quantitative estimate of drug-likeness (QED) is 0.527. The number of amides is 1. The van der Waals surface area contributed by atoms with Crippen molar-refractivity contribution in [2.24, 2.45) is 0 Å². The SMILES string of the molecule is Cc1c(OCCN2CCN(C)CC2)ccc(C(C)N2CCN(C(=O)c3ccc(C(F)(F)F)cc3)CC2)c1C. The first-order valence-corrected chi connectivity index (χ1v) is 13.4. The number of carbonyl (C=O) groups is 1. The molecule has 0 N–H and O–H groups in total. The lowest BCUT2D eigenvalue weighted by Gasteiger charge is -2.39. The van der Waals surface area contributed by atoms with Crippen LogP contribution in [0.5, 0.6) is 5.75 Å². The minimum atomic E-state index is -4.41. The van der Waals surface area contributed by atoms with Gasteiger partial charge in [-0.05, 0) is 74.8 Å². The molecule has 2 aliphatic heterocycles. The summed E-state index contributed by atoms with van der Waals surface area (Å²) in [7, 11) is 2.16. The van der Waals surface area contributed by atoms with E-state index in [9.17, 15) is 18.0 Å². The molecule has 2 aromatic rings. The highest BCUT2D eigenvalue weighted by Crippen LogP contribution is 2.32. The highest BCUT2D eigenvalue weighted by molar-refractivity contribution is 5.94. The van der Waals surface area contributed by atoms with E-state index >= 15 is 0 Å². The van der Waals surface area contributed by atoms with Crippen LogP contribution in [0.2, 0.25) is 0 Å². The molecule has 2 aromatic carbocycles. The Balaban J connectivity index is 1.30. The molecule has 1 amide bonds. The maximum Gasteiger partial charge on any atom is 0.416 e. The third-order valence-electron chi connectivity index (χ3n) is 8.10. The number of benzene rings is 2. The van der Waals surface area contributed by atoms with Gasteiger partial charge in [0.2, 0.25) is 0 Å². The van der Waals surface area contributed by atoms with Crippen LogP contribution < -0.4 is 4.74 Å². The first kappa shape index (κ1) is 28.4. The molecule has 2 aliphatic rings. The molecule has 0 saturated carbocycles. The molecule has 1 atom stereocenters. The molecule has 38 heavy (non-hydrogen) atoms. The Hall–Kier alpha value is -2.62. The lowest BCUT2D eigenvalue weighted by molar-refractivity contribution is -0.137. The van der Waals surface area contributed by atoms with Crippen molar-refractivity contribution in [3.05, 3.63) is 64.2 Å². The van der Waals surface area contributed by atoms with Crippen LogP contribution in [0.1, 0.15) is 45.6 Å². The fourth-order valence-electron chi connectivity index (χ4n) is 5.28. The first-order chi connectivity index (χ1) is 18.0. The molecule has 0 aliphatic carbocycles. The van der Waals surface area contributed by atoms with E-state index in [4.69, 9.17) is 4.74 Å². The second-order valence-corrected chi connectivity index (χ2v) is 10.5. The zero-order valence-corrected chi connectivity index (χ0v) is 22.9. The highest BCUT2D eigenvalue weighted by Gasteiger charge is 2.31. The molecule has 0 aromatic heterocycles. The average Bonchev–Trinajstić information content (AvgIpc) is 2.91. The molecule has 4 rings (SSSR count). The number of piperazine rings is 2. The number of nitrogens with zero attached hydrogens (tertiary/aromatic N) is 4. The van der Waals surface area contributed by atoms with Crippen molar-refractivity contribution >= 4 is 5.91 Å². The van der Waals surface area contributed by atoms with Crippen molar-refractivity contribution in [3.8, 4) is 5.75 Å². The number of hydrogen-bond donors (Lipinski definition) is 0. The molecule has 2 saturated heterocycles. The van der Waals surface area contributed by atoms with Crippen LogP contribution in [-0.4, -0.2) is 98.1 Å². The molecule has 2 fully saturated rings. The maximum absolute atomic E-state index is 12.9. The van der Waals surface area contributed by atoms with Gasteiger partial charge in [-0.25, -0.2) is 0 Å². The third-order valence-corrected chi connectivity index (χ3v) is 8.10. The van der Waals surface area contributed by atoms with Gasteiger partial charge in [0.05, 0.1) is 5.56 Å². The van der Waals surface area contributed by atoms with Crippen molar-refractivity contribution in [1.29, 1.82) is 0 Å². The summed E-state index contributed by atoms with van der Waals surface area (Å²) in [5, 5.41) is 0. The predicted molar refractivity (Wildman–Crippen MR) is 143 cm³/mol. The largest absolute Gasteiger partial charge is 0.492 e. The Kier molecular flexibility index (Phi) is 9.00. The van der Waals surface area contributed by atoms with Gasteiger partial charge >= 0.3 is 6.18 Å². The van der Waals surface area contributed by atoms with Crippen LogP contribution in [0.15, 0.2) is 36.4 Å².